The van der Waals surface area contributed by atoms with Crippen LogP contribution in [0.25, 0.3) is 0 Å². The molecule has 0 spiro atoms. The van der Waals surface area contributed by atoms with Crippen LogP contribution in [0.3, 0.4) is 0 Å². The molecule has 5 nitrogen and oxygen atoms in total. The second kappa shape index (κ2) is 12.1. The summed E-state index contributed by atoms with van der Waals surface area (Å²) < 4.78 is 57.4. The lowest BCUT2D eigenvalue weighted by Gasteiger charge is -2.20. The minimum atomic E-state index is -4.51. The minimum Gasteiger partial charge on any atom is -0.493 e. The Morgan fingerprint density at radius 3 is 2.39 bits per heavy atom. The first kappa shape index (κ1) is 27.3. The van der Waals surface area contributed by atoms with E-state index < -0.39 is 17.7 Å². The van der Waals surface area contributed by atoms with Crippen LogP contribution in [0, 0.1) is 13.8 Å². The van der Waals surface area contributed by atoms with Crippen molar-refractivity contribution >= 4 is 17.7 Å². The first-order chi connectivity index (χ1) is 17.0. The van der Waals surface area contributed by atoms with E-state index in [1.54, 1.807) is 25.1 Å². The van der Waals surface area contributed by atoms with Gasteiger partial charge in [-0.05, 0) is 74.4 Å². The molecule has 0 heterocycles. The number of carbonyl (C=O) groups is 1. The van der Waals surface area contributed by atoms with Gasteiger partial charge in [-0.1, -0.05) is 18.2 Å². The molecule has 3 aromatic carbocycles. The van der Waals surface area contributed by atoms with Crippen LogP contribution in [-0.2, 0) is 11.0 Å². The van der Waals surface area contributed by atoms with Crippen molar-refractivity contribution in [3.8, 4) is 23.0 Å². The average molecular weight is 521 g/mol. The lowest BCUT2D eigenvalue weighted by molar-refractivity contribution is -0.137. The number of aliphatic carboxylic acids is 1. The second-order valence-corrected chi connectivity index (χ2v) is 9.22. The van der Waals surface area contributed by atoms with E-state index >= 15 is 0 Å². The van der Waals surface area contributed by atoms with Gasteiger partial charge >= 0.3 is 12.1 Å². The number of hydrogen-bond acceptors (Lipinski definition) is 5. The number of benzene rings is 3. The zero-order valence-corrected chi connectivity index (χ0v) is 20.9. The summed E-state index contributed by atoms with van der Waals surface area (Å²) in [6, 6.07) is 15.7. The third-order valence-corrected chi connectivity index (χ3v) is 6.36. The van der Waals surface area contributed by atoms with Crippen LogP contribution < -0.4 is 14.2 Å². The fourth-order valence-corrected chi connectivity index (χ4v) is 4.01. The summed E-state index contributed by atoms with van der Waals surface area (Å²) in [6.45, 7) is 5.80. The topological polar surface area (TPSA) is 65.0 Å². The number of carboxylic acid groups (broad SMARTS) is 1. The maximum Gasteiger partial charge on any atom is 0.416 e. The highest BCUT2D eigenvalue weighted by molar-refractivity contribution is 8.00. The van der Waals surface area contributed by atoms with Gasteiger partial charge in [-0.2, -0.15) is 13.2 Å². The molecule has 192 valence electrons. The average Bonchev–Trinajstić information content (AvgIpc) is 2.80. The van der Waals surface area contributed by atoms with E-state index in [1.807, 2.05) is 38.1 Å². The number of ether oxygens (including phenoxy) is 3. The van der Waals surface area contributed by atoms with Gasteiger partial charge < -0.3 is 19.3 Å². The second-order valence-electron chi connectivity index (χ2n) is 8.20. The molecule has 0 aromatic heterocycles. The molecular formula is C27H27F3O5S. The van der Waals surface area contributed by atoms with Gasteiger partial charge in [0.25, 0.3) is 0 Å². The van der Waals surface area contributed by atoms with E-state index in [0.29, 0.717) is 24.5 Å². The molecule has 0 aliphatic carbocycles. The molecule has 0 aliphatic heterocycles. The lowest BCUT2D eigenvalue weighted by atomic mass is 10.2. The van der Waals surface area contributed by atoms with Gasteiger partial charge in [0.05, 0.1) is 24.0 Å². The molecular weight excluding hydrogens is 493 g/mol. The predicted molar refractivity (Wildman–Crippen MR) is 132 cm³/mol. The van der Waals surface area contributed by atoms with Crippen LogP contribution in [0.1, 0.15) is 30.0 Å². The SMILES string of the molecule is Cc1ccccc1Oc1cc(C(F)(F)F)ccc1O[C@H](C)CCOc1ccc(SCC(=O)O)c(C)c1. The third-order valence-electron chi connectivity index (χ3n) is 5.20. The summed E-state index contributed by atoms with van der Waals surface area (Å²) in [6.07, 6.45) is -4.41. The quantitative estimate of drug-likeness (QED) is 0.264. The van der Waals surface area contributed by atoms with Crippen LogP contribution in [0.4, 0.5) is 13.2 Å². The molecule has 0 saturated heterocycles. The fraction of sp³-hybridized carbons (Fsp3) is 0.296. The number of rotatable bonds is 11. The van der Waals surface area contributed by atoms with E-state index in [2.05, 4.69) is 0 Å². The molecule has 3 rings (SSSR count). The molecule has 1 atom stereocenters. The van der Waals surface area contributed by atoms with Crippen LogP contribution in [0.15, 0.2) is 65.6 Å². The van der Waals surface area contributed by atoms with Crippen LogP contribution in [0.5, 0.6) is 23.0 Å². The zero-order chi connectivity index (χ0) is 26.3. The largest absolute Gasteiger partial charge is 0.493 e. The molecule has 9 heteroatoms. The van der Waals surface area contributed by atoms with Crippen molar-refractivity contribution in [2.75, 3.05) is 12.4 Å². The predicted octanol–water partition coefficient (Wildman–Crippen LogP) is 7.53. The highest BCUT2D eigenvalue weighted by Gasteiger charge is 2.32. The molecule has 1 N–H and O–H groups in total. The van der Waals surface area contributed by atoms with E-state index in [4.69, 9.17) is 19.3 Å². The molecule has 0 unspecified atom stereocenters. The van der Waals surface area contributed by atoms with Crippen molar-refractivity contribution in [1.29, 1.82) is 0 Å². The molecule has 0 fully saturated rings. The molecule has 3 aromatic rings. The molecule has 0 bridgehead atoms. The monoisotopic (exact) mass is 520 g/mol. The van der Waals surface area contributed by atoms with Gasteiger partial charge in [-0.25, -0.2) is 0 Å². The standard InChI is InChI=1S/C27H27F3O5S/c1-17-6-4-5-7-22(17)35-24-15-20(27(28,29)30)8-10-23(24)34-19(3)12-13-33-21-9-11-25(18(2)14-21)36-16-26(31)32/h4-11,14-15,19H,12-13,16H2,1-3H3,(H,31,32)/t19-/m1/s1. The molecule has 36 heavy (non-hydrogen) atoms. The van der Waals surface area contributed by atoms with Gasteiger partial charge in [-0.3, -0.25) is 4.79 Å². The van der Waals surface area contributed by atoms with Crippen molar-refractivity contribution in [3.63, 3.8) is 0 Å². The Hall–Kier alpha value is -3.33. The van der Waals surface area contributed by atoms with Gasteiger partial charge in [0.1, 0.15) is 11.5 Å². The lowest BCUT2D eigenvalue weighted by Crippen LogP contribution is -2.16. The van der Waals surface area contributed by atoms with Crippen molar-refractivity contribution in [1.82, 2.24) is 0 Å². The number of para-hydroxylation sites is 1. The number of alkyl halides is 3. The van der Waals surface area contributed by atoms with Crippen LogP contribution in [-0.4, -0.2) is 29.5 Å². The Morgan fingerprint density at radius 2 is 1.72 bits per heavy atom. The molecule has 0 amide bonds. The third kappa shape index (κ3) is 7.84. The maximum atomic E-state index is 13.3. The van der Waals surface area contributed by atoms with E-state index in [1.165, 1.54) is 17.8 Å². The van der Waals surface area contributed by atoms with Gasteiger partial charge in [0.15, 0.2) is 11.5 Å². The van der Waals surface area contributed by atoms with Crippen molar-refractivity contribution in [2.24, 2.45) is 0 Å². The highest BCUT2D eigenvalue weighted by Crippen LogP contribution is 2.39. The summed E-state index contributed by atoms with van der Waals surface area (Å²) in [5.74, 6) is 0.367. The number of carboxylic acids is 1. The number of thioether (sulfide) groups is 1. The van der Waals surface area contributed by atoms with Crippen molar-refractivity contribution in [2.45, 2.75) is 44.4 Å². The van der Waals surface area contributed by atoms with E-state index in [0.717, 1.165) is 28.2 Å². The smallest absolute Gasteiger partial charge is 0.416 e. The van der Waals surface area contributed by atoms with Crippen molar-refractivity contribution in [3.05, 3.63) is 77.4 Å². The number of halogens is 3. The highest BCUT2D eigenvalue weighted by atomic mass is 32.2. The van der Waals surface area contributed by atoms with Crippen LogP contribution in [0.2, 0.25) is 0 Å². The first-order valence-electron chi connectivity index (χ1n) is 11.2. The Labute approximate surface area is 212 Å². The Kier molecular flexibility index (Phi) is 9.14. The van der Waals surface area contributed by atoms with Gasteiger partial charge in [0, 0.05) is 11.3 Å². The number of aryl methyl sites for hydroxylation is 2. The molecule has 0 aliphatic rings. The number of hydrogen-bond donors (Lipinski definition) is 1. The maximum absolute atomic E-state index is 13.3. The first-order valence-corrected chi connectivity index (χ1v) is 12.2. The molecule has 0 saturated carbocycles. The Balaban J connectivity index is 1.64. The van der Waals surface area contributed by atoms with Crippen molar-refractivity contribution < 1.29 is 37.3 Å². The Morgan fingerprint density at radius 1 is 0.972 bits per heavy atom. The fourth-order valence-electron chi connectivity index (χ4n) is 3.28. The van der Waals surface area contributed by atoms with E-state index in [-0.39, 0.29) is 23.4 Å². The summed E-state index contributed by atoms with van der Waals surface area (Å²) in [7, 11) is 0. The van der Waals surface area contributed by atoms with E-state index in [9.17, 15) is 18.0 Å². The zero-order valence-electron chi connectivity index (χ0n) is 20.1. The van der Waals surface area contributed by atoms with Crippen LogP contribution >= 0.6 is 11.8 Å². The molecule has 0 radical (unpaired) electrons. The summed E-state index contributed by atoms with van der Waals surface area (Å²) in [5.41, 5.74) is 0.866. The summed E-state index contributed by atoms with van der Waals surface area (Å²) in [4.78, 5) is 11.6. The minimum absolute atomic E-state index is 0.0167. The Bertz CT molecular complexity index is 1200. The normalized spacial score (nSPS) is 12.2. The summed E-state index contributed by atoms with van der Waals surface area (Å²) in [5, 5.41) is 8.83. The summed E-state index contributed by atoms with van der Waals surface area (Å²) >= 11 is 1.24. The van der Waals surface area contributed by atoms with Gasteiger partial charge in [0.2, 0.25) is 0 Å². The van der Waals surface area contributed by atoms with Gasteiger partial charge in [-0.15, -0.1) is 11.8 Å².